The number of rotatable bonds is 37. The summed E-state index contributed by atoms with van der Waals surface area (Å²) in [7, 11) is 0. The highest BCUT2D eigenvalue weighted by molar-refractivity contribution is 5.86. The number of ether oxygens (including phenoxy) is 2. The van der Waals surface area contributed by atoms with Crippen LogP contribution in [0.25, 0.3) is 16.6 Å². The number of allylic oxidation sites excluding steroid dienone is 4. The van der Waals surface area contributed by atoms with E-state index in [4.69, 9.17) is 20.2 Å². The van der Waals surface area contributed by atoms with Crippen molar-refractivity contribution in [3.8, 4) is 0 Å². The number of benzene rings is 1. The third-order valence-corrected chi connectivity index (χ3v) is 14.9. The van der Waals surface area contributed by atoms with Crippen LogP contribution < -0.4 is 16.4 Å². The molecular formula is C60H93N5O3. The minimum absolute atomic E-state index is 0.0266. The van der Waals surface area contributed by atoms with Crippen molar-refractivity contribution in [2.24, 2.45) is 11.1 Å². The number of fused-ring (bicyclic) bond motifs is 4. The number of amides is 1. The van der Waals surface area contributed by atoms with Gasteiger partial charge in [-0.15, -0.1) is 0 Å². The first-order chi connectivity index (χ1) is 33.0. The Kier molecular flexibility index (Phi) is 23.3. The second kappa shape index (κ2) is 29.0. The summed E-state index contributed by atoms with van der Waals surface area (Å²) in [6, 6.07) is 10.5. The van der Waals surface area contributed by atoms with E-state index in [0.717, 1.165) is 121 Å². The third-order valence-electron chi connectivity index (χ3n) is 14.9. The molecule has 0 bridgehead atoms. The van der Waals surface area contributed by atoms with Crippen molar-refractivity contribution >= 4 is 22.5 Å². The van der Waals surface area contributed by atoms with Crippen molar-refractivity contribution in [1.82, 2.24) is 20.5 Å². The lowest BCUT2D eigenvalue weighted by Crippen LogP contribution is -2.42. The lowest BCUT2D eigenvalue weighted by Gasteiger charge is -2.44. The fourth-order valence-electron chi connectivity index (χ4n) is 10.8. The number of carbonyl (C=O) groups is 1. The maximum atomic E-state index is 13.6. The van der Waals surface area contributed by atoms with Crippen LogP contribution in [-0.4, -0.2) is 41.2 Å². The fourth-order valence-corrected chi connectivity index (χ4v) is 10.8. The minimum atomic E-state index is -0.661. The summed E-state index contributed by atoms with van der Waals surface area (Å²) in [4.78, 5) is 20.9. The Balaban J connectivity index is 0.891. The number of hydrogen-bond donors (Lipinski definition) is 3. The highest BCUT2D eigenvalue weighted by atomic mass is 16.5. The van der Waals surface area contributed by atoms with E-state index in [9.17, 15) is 4.79 Å². The molecule has 3 aliphatic rings. The Morgan fingerprint density at radius 3 is 2.00 bits per heavy atom. The largest absolute Gasteiger partial charge is 0.493 e. The average Bonchev–Trinajstić information content (AvgIpc) is 3.68. The predicted octanol–water partition coefficient (Wildman–Crippen LogP) is 15.5. The molecule has 8 heteroatoms. The summed E-state index contributed by atoms with van der Waals surface area (Å²) >= 11 is 0. The molecule has 0 fully saturated rings. The molecule has 0 spiro atoms. The molecule has 5 rings (SSSR count). The van der Waals surface area contributed by atoms with Crippen molar-refractivity contribution < 1.29 is 14.3 Å². The number of nitrogens with zero attached hydrogens (tertiary/aromatic N) is 2. The quantitative estimate of drug-likeness (QED) is 0.0352. The van der Waals surface area contributed by atoms with Crippen LogP contribution in [0.5, 0.6) is 0 Å². The van der Waals surface area contributed by atoms with Crippen LogP contribution in [0, 0.1) is 5.41 Å². The SMILES string of the molecule is C=C(CCCCCCCC(=C)O[C@@](N)(CCC)CCCCCCCCCCCCCCCCCCC)NCCNC(=O)C[C@]1(CC)C(=C)OCC2=C1C=C1c3nc4ccccc4cc3CN1C2=C. The third kappa shape index (κ3) is 16.4. The molecule has 68 heavy (non-hydrogen) atoms. The summed E-state index contributed by atoms with van der Waals surface area (Å²) in [5, 5.41) is 7.72. The fraction of sp³-hybridized carbons (Fsp3) is 0.633. The van der Waals surface area contributed by atoms with E-state index in [2.05, 4.69) is 86.9 Å². The maximum absolute atomic E-state index is 13.6. The van der Waals surface area contributed by atoms with Gasteiger partial charge in [0, 0.05) is 66.7 Å². The Labute approximate surface area is 413 Å². The Morgan fingerprint density at radius 2 is 1.37 bits per heavy atom. The molecule has 1 aromatic heterocycles. The molecule has 1 amide bonds. The first kappa shape index (κ1) is 54.6. The summed E-state index contributed by atoms with van der Waals surface area (Å²) in [6.07, 6.45) is 36.8. The molecule has 2 aromatic rings. The van der Waals surface area contributed by atoms with Gasteiger partial charge in [0.2, 0.25) is 5.91 Å². The number of aromatic nitrogens is 1. The molecule has 0 radical (unpaired) electrons. The number of hydrogen-bond acceptors (Lipinski definition) is 7. The molecule has 0 aliphatic carbocycles. The summed E-state index contributed by atoms with van der Waals surface area (Å²) in [5.41, 5.74) is 13.8. The number of pyridine rings is 1. The smallest absolute Gasteiger partial charge is 0.221 e. The van der Waals surface area contributed by atoms with Crippen molar-refractivity contribution in [1.29, 1.82) is 0 Å². The Hall–Kier alpha value is -4.30. The van der Waals surface area contributed by atoms with Gasteiger partial charge in [0.05, 0.1) is 34.6 Å². The van der Waals surface area contributed by atoms with Gasteiger partial charge in [-0.1, -0.05) is 194 Å². The zero-order valence-electron chi connectivity index (χ0n) is 43.3. The van der Waals surface area contributed by atoms with Gasteiger partial charge in [-0.3, -0.25) is 10.5 Å². The van der Waals surface area contributed by atoms with Crippen LogP contribution in [-0.2, 0) is 20.8 Å². The molecule has 4 heterocycles. The van der Waals surface area contributed by atoms with E-state index in [-0.39, 0.29) is 12.3 Å². The van der Waals surface area contributed by atoms with Gasteiger partial charge in [-0.25, -0.2) is 4.98 Å². The number of nitrogens with one attached hydrogen (secondary N) is 2. The van der Waals surface area contributed by atoms with Gasteiger partial charge in [0.1, 0.15) is 12.4 Å². The summed E-state index contributed by atoms with van der Waals surface area (Å²) < 4.78 is 12.6. The second-order valence-electron chi connectivity index (χ2n) is 20.5. The van der Waals surface area contributed by atoms with E-state index < -0.39 is 11.1 Å². The van der Waals surface area contributed by atoms with Crippen LogP contribution in [0.4, 0.5) is 0 Å². The van der Waals surface area contributed by atoms with Crippen LogP contribution in [0.15, 0.2) is 96.8 Å². The normalized spacial score (nSPS) is 17.3. The molecule has 1 aromatic carbocycles. The maximum Gasteiger partial charge on any atom is 0.221 e. The number of nitrogens with two attached hydrogens (primary N) is 1. The van der Waals surface area contributed by atoms with Crippen LogP contribution in [0.1, 0.15) is 218 Å². The lowest BCUT2D eigenvalue weighted by atomic mass is 9.68. The molecule has 0 unspecified atom stereocenters. The van der Waals surface area contributed by atoms with Crippen molar-refractivity contribution in [2.75, 3.05) is 19.7 Å². The van der Waals surface area contributed by atoms with E-state index in [1.165, 1.54) is 115 Å². The lowest BCUT2D eigenvalue weighted by molar-refractivity contribution is -0.123. The molecule has 0 saturated heterocycles. The molecule has 4 N–H and O–H groups in total. The first-order valence-corrected chi connectivity index (χ1v) is 27.5. The predicted molar refractivity (Wildman–Crippen MR) is 287 cm³/mol. The zero-order chi connectivity index (χ0) is 48.6. The van der Waals surface area contributed by atoms with Gasteiger partial charge in [0.15, 0.2) is 5.72 Å². The number of para-hydroxylation sites is 1. The average molecular weight is 932 g/mol. The molecule has 3 aliphatic heterocycles. The first-order valence-electron chi connectivity index (χ1n) is 27.5. The second-order valence-corrected chi connectivity index (χ2v) is 20.5. The Morgan fingerprint density at radius 1 is 0.779 bits per heavy atom. The van der Waals surface area contributed by atoms with Crippen LogP contribution >= 0.6 is 0 Å². The van der Waals surface area contributed by atoms with Gasteiger partial charge < -0.3 is 25.0 Å². The van der Waals surface area contributed by atoms with Gasteiger partial charge >= 0.3 is 0 Å². The van der Waals surface area contributed by atoms with Crippen molar-refractivity contribution in [2.45, 2.75) is 219 Å². The highest BCUT2D eigenvalue weighted by Gasteiger charge is 2.47. The zero-order valence-corrected chi connectivity index (χ0v) is 43.3. The van der Waals surface area contributed by atoms with Gasteiger partial charge in [-0.2, -0.15) is 0 Å². The Bertz CT molecular complexity index is 2020. The van der Waals surface area contributed by atoms with Gasteiger partial charge in [0.25, 0.3) is 0 Å². The molecule has 8 nitrogen and oxygen atoms in total. The van der Waals surface area contributed by atoms with Crippen molar-refractivity contribution in [3.63, 3.8) is 0 Å². The molecule has 0 saturated carbocycles. The van der Waals surface area contributed by atoms with E-state index >= 15 is 0 Å². The van der Waals surface area contributed by atoms with E-state index in [1.807, 2.05) is 12.1 Å². The number of unbranched alkanes of at least 4 members (excludes halogenated alkanes) is 20. The standard InChI is InChI=1S/C60H93N5O3/c1-8-11-12-13-14-15-16-17-18-19-20-21-22-23-24-28-33-39-60(61,38-9-2)68-48(5)35-30-27-25-26-29-34-47(4)62-40-41-63-57(66)44-59(10-3)50(7)67-46-53-49(6)65-45-52-42-51-36-31-32-37-55(51)64-58(52)56(65)43-54(53)59/h31-32,36-37,42-43,62H,4-30,33-35,38-41,44-46,61H2,1-3H3,(H,63,66)/t59-,60+/m1/s1. The highest BCUT2D eigenvalue weighted by Crippen LogP contribution is 2.53. The van der Waals surface area contributed by atoms with Crippen LogP contribution in [0.2, 0.25) is 0 Å². The van der Waals surface area contributed by atoms with Crippen molar-refractivity contribution in [3.05, 3.63) is 108 Å². The van der Waals surface area contributed by atoms with Gasteiger partial charge in [-0.05, 0) is 55.9 Å². The minimum Gasteiger partial charge on any atom is -0.493 e. The summed E-state index contributed by atoms with van der Waals surface area (Å²) in [6.45, 7) is 26.3. The monoisotopic (exact) mass is 932 g/mol. The molecule has 376 valence electrons. The molecule has 2 atom stereocenters. The molecular weight excluding hydrogens is 839 g/mol. The van der Waals surface area contributed by atoms with Crippen LogP contribution in [0.3, 0.4) is 0 Å². The summed E-state index contributed by atoms with van der Waals surface area (Å²) in [5.74, 6) is 1.45. The van der Waals surface area contributed by atoms with E-state index in [0.29, 0.717) is 31.9 Å². The topological polar surface area (TPSA) is 102 Å². The number of carbonyl (C=O) groups excluding carboxylic acids is 1. The van der Waals surface area contributed by atoms with E-state index in [1.54, 1.807) is 0 Å².